The van der Waals surface area contributed by atoms with Gasteiger partial charge in [0.1, 0.15) is 11.2 Å². The van der Waals surface area contributed by atoms with Gasteiger partial charge in [-0.25, -0.2) is 32.4 Å². The number of anilines is 1. The summed E-state index contributed by atoms with van der Waals surface area (Å²) in [6.07, 6.45) is -2.04. The van der Waals surface area contributed by atoms with Gasteiger partial charge in [-0.1, -0.05) is 32.9 Å². The summed E-state index contributed by atoms with van der Waals surface area (Å²) in [4.78, 5) is 43.1. The number of benzene rings is 1. The molecular formula is C30H38BrN3O9S. The lowest BCUT2D eigenvalue weighted by molar-refractivity contribution is 0.0521. The van der Waals surface area contributed by atoms with Gasteiger partial charge in [0, 0.05) is 5.39 Å². The van der Waals surface area contributed by atoms with Crippen LogP contribution < -0.4 is 9.04 Å². The van der Waals surface area contributed by atoms with Crippen molar-refractivity contribution in [2.24, 2.45) is 0 Å². The monoisotopic (exact) mass is 695 g/mol. The summed E-state index contributed by atoms with van der Waals surface area (Å²) in [5.74, 6) is -0.632. The Morgan fingerprint density at radius 3 is 2.00 bits per heavy atom. The number of sulfonamides is 1. The van der Waals surface area contributed by atoms with E-state index in [-0.39, 0.29) is 44.0 Å². The highest BCUT2D eigenvalue weighted by atomic mass is 79.9. The Morgan fingerprint density at radius 1 is 0.932 bits per heavy atom. The van der Waals surface area contributed by atoms with Crippen LogP contribution in [0.2, 0.25) is 0 Å². The number of halogens is 1. The zero-order valence-electron chi connectivity index (χ0n) is 26.5. The van der Waals surface area contributed by atoms with E-state index in [1.807, 2.05) is 20.8 Å². The van der Waals surface area contributed by atoms with Gasteiger partial charge in [-0.3, -0.25) is 0 Å². The first-order valence-corrected chi connectivity index (χ1v) is 16.0. The van der Waals surface area contributed by atoms with Gasteiger partial charge in [-0.2, -0.15) is 4.31 Å². The van der Waals surface area contributed by atoms with E-state index in [9.17, 15) is 22.8 Å². The van der Waals surface area contributed by atoms with E-state index in [2.05, 4.69) is 20.9 Å². The number of pyridine rings is 1. The molecule has 1 aromatic carbocycles. The highest BCUT2D eigenvalue weighted by Crippen LogP contribution is 2.40. The molecule has 0 aliphatic rings. The molecule has 1 amide bonds. The Balaban J connectivity index is 2.27. The maximum absolute atomic E-state index is 14.0. The molecule has 0 bridgehead atoms. The standard InChI is InChI=1S/C30H38BrN3O9S/c1-11-40-27(37)41-24-23(31)20-16-22(32-17-21(20)33(24)25(35)42-29(5,6)7)34(26(36)43-30(8,9)10)44(38,39)19-14-12-18(13-15-19)28(2,3)4/h12-17H,11H2,1-10H3. The molecule has 0 radical (unpaired) electrons. The van der Waals surface area contributed by atoms with Crippen LogP contribution in [-0.4, -0.2) is 54.1 Å². The average molecular weight is 697 g/mol. The number of ether oxygens (including phenoxy) is 4. The van der Waals surface area contributed by atoms with Gasteiger partial charge >= 0.3 is 18.3 Å². The minimum absolute atomic E-state index is 0.00820. The van der Waals surface area contributed by atoms with Crippen LogP contribution in [-0.2, 0) is 29.6 Å². The van der Waals surface area contributed by atoms with Crippen molar-refractivity contribution >= 4 is 61.0 Å². The van der Waals surface area contributed by atoms with Crippen molar-refractivity contribution in [2.75, 3.05) is 10.9 Å². The summed E-state index contributed by atoms with van der Waals surface area (Å²) in [6, 6.07) is 7.42. The first-order chi connectivity index (χ1) is 20.1. The maximum Gasteiger partial charge on any atom is 0.515 e. The van der Waals surface area contributed by atoms with Crippen molar-refractivity contribution in [1.29, 1.82) is 0 Å². The summed E-state index contributed by atoms with van der Waals surface area (Å²) in [7, 11) is -4.56. The fourth-order valence-electron chi connectivity index (χ4n) is 3.88. The second-order valence-corrected chi connectivity index (χ2v) is 15.4. The van der Waals surface area contributed by atoms with Crippen molar-refractivity contribution in [1.82, 2.24) is 9.55 Å². The molecule has 0 saturated carbocycles. The minimum atomic E-state index is -4.56. The third-order valence-corrected chi connectivity index (χ3v) is 8.23. The number of carbonyl (C=O) groups is 3. The van der Waals surface area contributed by atoms with E-state index in [1.165, 1.54) is 18.2 Å². The number of rotatable bonds is 5. The molecule has 3 aromatic rings. The van der Waals surface area contributed by atoms with Crippen LogP contribution in [0.15, 0.2) is 45.9 Å². The Hall–Kier alpha value is -3.65. The van der Waals surface area contributed by atoms with Gasteiger partial charge in [-0.15, -0.1) is 0 Å². The number of fused-ring (bicyclic) bond motifs is 1. The van der Waals surface area contributed by atoms with Gasteiger partial charge in [0.25, 0.3) is 10.0 Å². The van der Waals surface area contributed by atoms with E-state index in [0.717, 1.165) is 16.3 Å². The molecule has 14 heteroatoms. The maximum atomic E-state index is 14.0. The smallest absolute Gasteiger partial charge is 0.443 e. The number of hydrogen-bond acceptors (Lipinski definition) is 10. The summed E-state index contributed by atoms with van der Waals surface area (Å²) in [5.41, 5.74) is -1.23. The van der Waals surface area contributed by atoms with Crippen molar-refractivity contribution < 1.29 is 41.7 Å². The molecule has 0 aliphatic heterocycles. The van der Waals surface area contributed by atoms with E-state index in [4.69, 9.17) is 18.9 Å². The molecule has 0 spiro atoms. The van der Waals surface area contributed by atoms with Crippen LogP contribution in [0.4, 0.5) is 20.2 Å². The van der Waals surface area contributed by atoms with Crippen LogP contribution in [0.1, 0.15) is 74.8 Å². The molecule has 0 atom stereocenters. The van der Waals surface area contributed by atoms with Crippen LogP contribution in [0.3, 0.4) is 0 Å². The zero-order valence-corrected chi connectivity index (χ0v) is 28.9. The van der Waals surface area contributed by atoms with Crippen LogP contribution in [0, 0.1) is 0 Å². The summed E-state index contributed by atoms with van der Waals surface area (Å²) in [5, 5.41) is 0.173. The van der Waals surface area contributed by atoms with E-state index in [0.29, 0.717) is 4.31 Å². The number of nitrogens with zero attached hydrogens (tertiary/aromatic N) is 3. The van der Waals surface area contributed by atoms with Crippen molar-refractivity contribution in [2.45, 2.75) is 90.7 Å². The van der Waals surface area contributed by atoms with Crippen LogP contribution >= 0.6 is 15.9 Å². The SMILES string of the molecule is CCOC(=O)Oc1c(Br)c2cc(N(C(=O)OC(C)(C)C)S(=O)(=O)c3ccc(C(C)(C)C)cc3)ncc2n1C(=O)OC(C)(C)C. The highest BCUT2D eigenvalue weighted by molar-refractivity contribution is 9.10. The molecule has 0 aliphatic carbocycles. The van der Waals surface area contributed by atoms with Crippen molar-refractivity contribution in [3.63, 3.8) is 0 Å². The third-order valence-electron chi connectivity index (χ3n) is 5.78. The van der Waals surface area contributed by atoms with Crippen LogP contribution in [0.5, 0.6) is 5.88 Å². The van der Waals surface area contributed by atoms with E-state index < -0.39 is 39.6 Å². The number of aromatic nitrogens is 2. The molecule has 240 valence electrons. The second-order valence-electron chi connectivity index (χ2n) is 12.8. The number of carbonyl (C=O) groups excluding carboxylic acids is 3. The molecule has 3 rings (SSSR count). The van der Waals surface area contributed by atoms with Gasteiger partial charge < -0.3 is 18.9 Å². The molecule has 0 N–H and O–H groups in total. The second kappa shape index (κ2) is 12.4. The predicted octanol–water partition coefficient (Wildman–Crippen LogP) is 7.55. The molecular weight excluding hydrogens is 658 g/mol. The highest BCUT2D eigenvalue weighted by Gasteiger charge is 2.37. The van der Waals surface area contributed by atoms with Crippen molar-refractivity contribution in [3.05, 3.63) is 46.6 Å². The van der Waals surface area contributed by atoms with E-state index >= 15 is 0 Å². The third kappa shape index (κ3) is 7.89. The van der Waals surface area contributed by atoms with E-state index in [1.54, 1.807) is 60.6 Å². The number of amides is 1. The Bertz CT molecular complexity index is 1680. The van der Waals surface area contributed by atoms with Gasteiger partial charge in [0.2, 0.25) is 5.88 Å². The average Bonchev–Trinajstić information content (AvgIpc) is 3.12. The van der Waals surface area contributed by atoms with Gasteiger partial charge in [-0.05, 0) is 93.6 Å². The lowest BCUT2D eigenvalue weighted by atomic mass is 9.87. The molecule has 2 heterocycles. The lowest BCUT2D eigenvalue weighted by Crippen LogP contribution is -2.41. The Labute approximate surface area is 265 Å². The normalized spacial score (nSPS) is 12.5. The molecule has 0 unspecified atom stereocenters. The summed E-state index contributed by atoms with van der Waals surface area (Å²) in [6.45, 7) is 17.3. The zero-order chi connectivity index (χ0) is 33.4. The topological polar surface area (TPSA) is 143 Å². The predicted molar refractivity (Wildman–Crippen MR) is 168 cm³/mol. The molecule has 2 aromatic heterocycles. The fraction of sp³-hybridized carbons (Fsp3) is 0.467. The summed E-state index contributed by atoms with van der Waals surface area (Å²) >= 11 is 3.35. The van der Waals surface area contributed by atoms with Crippen LogP contribution in [0.25, 0.3) is 10.9 Å². The van der Waals surface area contributed by atoms with Gasteiger partial charge in [0.05, 0.1) is 27.7 Å². The quantitative estimate of drug-likeness (QED) is 0.194. The Kier molecular flexibility index (Phi) is 9.81. The van der Waals surface area contributed by atoms with Gasteiger partial charge in [0.15, 0.2) is 5.82 Å². The minimum Gasteiger partial charge on any atom is -0.443 e. The number of hydrogen-bond donors (Lipinski definition) is 0. The molecule has 12 nitrogen and oxygen atoms in total. The fourth-order valence-corrected chi connectivity index (χ4v) is 5.73. The molecule has 0 saturated heterocycles. The summed E-state index contributed by atoms with van der Waals surface area (Å²) < 4.78 is 50.7. The lowest BCUT2D eigenvalue weighted by Gasteiger charge is -2.26. The first kappa shape index (κ1) is 34.8. The largest absolute Gasteiger partial charge is 0.515 e. The Morgan fingerprint density at radius 2 is 1.50 bits per heavy atom. The molecule has 44 heavy (non-hydrogen) atoms. The van der Waals surface area contributed by atoms with Crippen molar-refractivity contribution in [3.8, 4) is 5.88 Å². The first-order valence-electron chi connectivity index (χ1n) is 13.7. The molecule has 0 fully saturated rings.